The first-order valence-electron chi connectivity index (χ1n) is 12.5. The van der Waals surface area contributed by atoms with Gasteiger partial charge in [-0.1, -0.05) is 72.0 Å². The van der Waals surface area contributed by atoms with Gasteiger partial charge >= 0.3 is 11.9 Å². The van der Waals surface area contributed by atoms with Gasteiger partial charge in [-0.05, 0) is 45.7 Å². The molecule has 2 aromatic carbocycles. The molecule has 7 nitrogen and oxygen atoms in total. The van der Waals surface area contributed by atoms with Crippen LogP contribution in [0.15, 0.2) is 71.9 Å². The Labute approximate surface area is 221 Å². The van der Waals surface area contributed by atoms with E-state index in [0.29, 0.717) is 16.4 Å². The number of esters is 2. The number of rotatable bonds is 8. The lowest BCUT2D eigenvalue weighted by atomic mass is 9.68. The molecule has 2 N–H and O–H groups in total. The number of allylic oxidation sites excluding steroid dienone is 1. The van der Waals surface area contributed by atoms with Gasteiger partial charge in [0.1, 0.15) is 0 Å². The Kier molecular flexibility index (Phi) is 7.97. The standard InChI is InChI=1S/C29H33N3O4S/c1-6-35-26(33)23-18(3)30-20(5)29(27(34)36-7-2,24(23)21-14-10-8-11-15-21)32-28-31-19(4)25(37-28)22-16-12-9-13-17-22/h8-17,20,24,30H,6-7H2,1-5H3,(H,31,32). The lowest BCUT2D eigenvalue weighted by Gasteiger charge is -2.48. The van der Waals surface area contributed by atoms with E-state index in [1.54, 1.807) is 13.8 Å². The highest BCUT2D eigenvalue weighted by Crippen LogP contribution is 2.46. The molecule has 194 valence electrons. The van der Waals surface area contributed by atoms with Crippen molar-refractivity contribution in [2.45, 2.75) is 52.1 Å². The zero-order valence-corrected chi connectivity index (χ0v) is 22.6. The van der Waals surface area contributed by atoms with Crippen molar-refractivity contribution in [3.05, 3.63) is 83.2 Å². The van der Waals surface area contributed by atoms with Crippen LogP contribution < -0.4 is 10.6 Å². The van der Waals surface area contributed by atoms with E-state index in [9.17, 15) is 9.59 Å². The summed E-state index contributed by atoms with van der Waals surface area (Å²) in [6.07, 6.45) is 0. The molecule has 1 aliphatic heterocycles. The summed E-state index contributed by atoms with van der Waals surface area (Å²) in [5, 5.41) is 7.42. The molecule has 0 saturated carbocycles. The van der Waals surface area contributed by atoms with Gasteiger partial charge in [0.05, 0.1) is 41.3 Å². The van der Waals surface area contributed by atoms with E-state index in [0.717, 1.165) is 21.7 Å². The summed E-state index contributed by atoms with van der Waals surface area (Å²) in [4.78, 5) is 33.1. The molecule has 0 spiro atoms. The number of nitrogens with zero attached hydrogens (tertiary/aromatic N) is 1. The second-order valence-corrected chi connectivity index (χ2v) is 9.98. The molecule has 0 amide bonds. The molecule has 2 heterocycles. The fraction of sp³-hybridized carbons (Fsp3) is 0.345. The topological polar surface area (TPSA) is 89.5 Å². The number of carbonyl (C=O) groups is 2. The maximum absolute atomic E-state index is 14.0. The highest BCUT2D eigenvalue weighted by Gasteiger charge is 2.58. The second-order valence-electron chi connectivity index (χ2n) is 8.98. The fourth-order valence-corrected chi connectivity index (χ4v) is 6.07. The Morgan fingerprint density at radius 3 is 2.24 bits per heavy atom. The Balaban J connectivity index is 1.92. The quantitative estimate of drug-likeness (QED) is 0.383. The third-order valence-electron chi connectivity index (χ3n) is 6.65. The molecule has 0 aliphatic carbocycles. The minimum atomic E-state index is -1.38. The van der Waals surface area contributed by atoms with Crippen LogP contribution in [-0.4, -0.2) is 41.7 Å². The summed E-state index contributed by atoms with van der Waals surface area (Å²) >= 11 is 1.47. The van der Waals surface area contributed by atoms with Gasteiger partial charge in [-0.15, -0.1) is 0 Å². The van der Waals surface area contributed by atoms with Gasteiger partial charge in [-0.2, -0.15) is 0 Å². The number of carbonyl (C=O) groups excluding carboxylic acids is 2. The summed E-state index contributed by atoms with van der Waals surface area (Å²) in [6, 6.07) is 19.1. The van der Waals surface area contributed by atoms with Gasteiger partial charge in [0, 0.05) is 5.70 Å². The van der Waals surface area contributed by atoms with Crippen molar-refractivity contribution in [3.8, 4) is 10.4 Å². The number of ether oxygens (including phenoxy) is 2. The number of benzene rings is 2. The van der Waals surface area contributed by atoms with E-state index in [4.69, 9.17) is 14.5 Å². The average Bonchev–Trinajstić information content (AvgIpc) is 3.26. The van der Waals surface area contributed by atoms with Gasteiger partial charge in [-0.3, -0.25) is 0 Å². The SMILES string of the molecule is CCOC(=O)C1=C(C)NC(C)C(Nc2nc(C)c(-c3ccccc3)s2)(C(=O)OCC)C1c1ccccc1. The lowest BCUT2D eigenvalue weighted by Crippen LogP contribution is -2.66. The summed E-state index contributed by atoms with van der Waals surface area (Å²) in [5.41, 5.74) is 2.38. The average molecular weight is 520 g/mol. The van der Waals surface area contributed by atoms with Crippen molar-refractivity contribution in [2.24, 2.45) is 0 Å². The molecule has 0 bridgehead atoms. The number of thiazole rings is 1. The van der Waals surface area contributed by atoms with Crippen LogP contribution in [0, 0.1) is 6.92 Å². The van der Waals surface area contributed by atoms with Crippen LogP contribution in [0.3, 0.4) is 0 Å². The van der Waals surface area contributed by atoms with Gasteiger partial charge < -0.3 is 20.1 Å². The van der Waals surface area contributed by atoms with E-state index in [1.807, 2.05) is 81.4 Å². The Morgan fingerprint density at radius 2 is 1.62 bits per heavy atom. The first kappa shape index (κ1) is 26.4. The predicted molar refractivity (Wildman–Crippen MR) is 146 cm³/mol. The van der Waals surface area contributed by atoms with Crippen molar-refractivity contribution in [2.75, 3.05) is 18.5 Å². The van der Waals surface area contributed by atoms with E-state index in [1.165, 1.54) is 11.3 Å². The molecule has 8 heteroatoms. The van der Waals surface area contributed by atoms with Crippen LogP contribution in [-0.2, 0) is 19.1 Å². The largest absolute Gasteiger partial charge is 0.464 e. The molecular weight excluding hydrogens is 486 g/mol. The highest BCUT2D eigenvalue weighted by molar-refractivity contribution is 7.19. The van der Waals surface area contributed by atoms with Gasteiger partial charge in [-0.25, -0.2) is 14.6 Å². The maximum atomic E-state index is 14.0. The third-order valence-corrected chi connectivity index (χ3v) is 7.77. The van der Waals surface area contributed by atoms with Gasteiger partial charge in [0.25, 0.3) is 0 Å². The highest BCUT2D eigenvalue weighted by atomic mass is 32.1. The molecular formula is C29H33N3O4S. The van der Waals surface area contributed by atoms with E-state index < -0.39 is 29.4 Å². The minimum Gasteiger partial charge on any atom is -0.464 e. The van der Waals surface area contributed by atoms with Crippen LogP contribution in [0.5, 0.6) is 0 Å². The van der Waals surface area contributed by atoms with Crippen molar-refractivity contribution in [3.63, 3.8) is 0 Å². The normalized spacial score (nSPS) is 21.2. The van der Waals surface area contributed by atoms with Crippen molar-refractivity contribution >= 4 is 28.4 Å². The zero-order valence-electron chi connectivity index (χ0n) is 21.8. The van der Waals surface area contributed by atoms with E-state index >= 15 is 0 Å². The molecule has 1 aliphatic rings. The number of nitrogens with one attached hydrogen (secondary N) is 2. The van der Waals surface area contributed by atoms with Crippen molar-refractivity contribution < 1.29 is 19.1 Å². The minimum absolute atomic E-state index is 0.195. The van der Waals surface area contributed by atoms with Crippen LogP contribution in [0.1, 0.15) is 44.9 Å². The van der Waals surface area contributed by atoms with E-state index in [2.05, 4.69) is 10.6 Å². The molecule has 0 fully saturated rings. The van der Waals surface area contributed by atoms with Crippen molar-refractivity contribution in [1.82, 2.24) is 10.3 Å². The van der Waals surface area contributed by atoms with Crippen molar-refractivity contribution in [1.29, 1.82) is 0 Å². The third kappa shape index (κ3) is 4.98. The predicted octanol–water partition coefficient (Wildman–Crippen LogP) is 5.44. The number of hydrogen-bond acceptors (Lipinski definition) is 8. The summed E-state index contributed by atoms with van der Waals surface area (Å²) < 4.78 is 11.2. The zero-order chi connectivity index (χ0) is 26.6. The number of aromatic nitrogens is 1. The first-order valence-corrected chi connectivity index (χ1v) is 13.3. The molecule has 37 heavy (non-hydrogen) atoms. The maximum Gasteiger partial charge on any atom is 0.336 e. The van der Waals surface area contributed by atoms with Gasteiger partial charge in [0.2, 0.25) is 0 Å². The Morgan fingerprint density at radius 1 is 1.00 bits per heavy atom. The monoisotopic (exact) mass is 519 g/mol. The Hall–Kier alpha value is -3.65. The molecule has 0 saturated heterocycles. The number of hydrogen-bond donors (Lipinski definition) is 2. The van der Waals surface area contributed by atoms with Crippen LogP contribution in [0.2, 0.25) is 0 Å². The Bertz CT molecular complexity index is 1290. The number of aryl methyl sites for hydroxylation is 1. The smallest absolute Gasteiger partial charge is 0.336 e. The molecule has 3 aromatic rings. The molecule has 4 rings (SSSR count). The van der Waals surface area contributed by atoms with E-state index in [-0.39, 0.29) is 13.2 Å². The summed E-state index contributed by atoms with van der Waals surface area (Å²) in [5.74, 6) is -1.62. The number of anilines is 1. The molecule has 0 radical (unpaired) electrons. The molecule has 3 unspecified atom stereocenters. The summed E-state index contributed by atoms with van der Waals surface area (Å²) in [6.45, 7) is 9.67. The molecule has 1 aromatic heterocycles. The summed E-state index contributed by atoms with van der Waals surface area (Å²) in [7, 11) is 0. The fourth-order valence-electron chi connectivity index (χ4n) is 5.03. The van der Waals surface area contributed by atoms with Crippen LogP contribution >= 0.6 is 11.3 Å². The van der Waals surface area contributed by atoms with Crippen LogP contribution in [0.4, 0.5) is 5.13 Å². The van der Waals surface area contributed by atoms with Gasteiger partial charge in [0.15, 0.2) is 10.7 Å². The second kappa shape index (κ2) is 11.2. The molecule has 3 atom stereocenters. The van der Waals surface area contributed by atoms with Crippen LogP contribution in [0.25, 0.3) is 10.4 Å². The lowest BCUT2D eigenvalue weighted by molar-refractivity contribution is -0.151. The first-order chi connectivity index (χ1) is 17.8.